The van der Waals surface area contributed by atoms with Crippen molar-refractivity contribution in [2.75, 3.05) is 7.05 Å². The van der Waals surface area contributed by atoms with E-state index in [0.717, 1.165) is 38.5 Å². The Morgan fingerprint density at radius 3 is 2.88 bits per heavy atom. The van der Waals surface area contributed by atoms with Crippen LogP contribution in [-0.4, -0.2) is 29.3 Å². The van der Waals surface area contributed by atoms with E-state index in [-0.39, 0.29) is 17.4 Å². The lowest BCUT2D eigenvalue weighted by Crippen LogP contribution is -2.48. The standard InChI is InChI=1S/C22H31NO3/c1-22-12-14(4-10-20(26)23-2)21-16-7-5-15(24)11-13(16)3-6-17(21)18(22)8-9-19(22)25/h5,7,11,14,17-19,21,24-25H,3-4,6,8-10,12H2,1-2H3,(H,23,26)/t14-,17?,18?,19?,21?,22?/m0/s1. The molecule has 1 amide bonds. The van der Waals surface area contributed by atoms with Crippen LogP contribution in [0.3, 0.4) is 0 Å². The molecule has 3 N–H and O–H groups in total. The van der Waals surface area contributed by atoms with E-state index in [1.165, 1.54) is 11.1 Å². The first kappa shape index (κ1) is 17.8. The Balaban J connectivity index is 1.70. The molecule has 3 aliphatic carbocycles. The number of aromatic hydroxyl groups is 1. The van der Waals surface area contributed by atoms with Crippen molar-refractivity contribution in [2.45, 2.75) is 63.9 Å². The van der Waals surface area contributed by atoms with Gasteiger partial charge in [-0.1, -0.05) is 13.0 Å². The van der Waals surface area contributed by atoms with Crippen LogP contribution in [0.4, 0.5) is 0 Å². The van der Waals surface area contributed by atoms with Gasteiger partial charge in [-0.15, -0.1) is 0 Å². The van der Waals surface area contributed by atoms with E-state index in [4.69, 9.17) is 0 Å². The molecule has 4 heteroatoms. The van der Waals surface area contributed by atoms with Crippen molar-refractivity contribution in [3.63, 3.8) is 0 Å². The molecule has 2 saturated carbocycles. The molecule has 6 atom stereocenters. The Morgan fingerprint density at radius 2 is 2.12 bits per heavy atom. The van der Waals surface area contributed by atoms with Crippen LogP contribution in [0.15, 0.2) is 18.2 Å². The summed E-state index contributed by atoms with van der Waals surface area (Å²) in [6, 6.07) is 5.86. The van der Waals surface area contributed by atoms with Crippen molar-refractivity contribution in [1.29, 1.82) is 0 Å². The maximum atomic E-state index is 11.9. The molecule has 0 spiro atoms. The van der Waals surface area contributed by atoms with Crippen molar-refractivity contribution in [3.8, 4) is 5.75 Å². The summed E-state index contributed by atoms with van der Waals surface area (Å²) in [5.41, 5.74) is 2.64. The van der Waals surface area contributed by atoms with Crippen LogP contribution in [0.2, 0.25) is 0 Å². The first-order valence-electron chi connectivity index (χ1n) is 10.1. The number of phenolic OH excluding ortho intramolecular Hbond substituents is 1. The molecule has 0 aromatic heterocycles. The minimum Gasteiger partial charge on any atom is -0.508 e. The zero-order valence-electron chi connectivity index (χ0n) is 15.9. The highest BCUT2D eigenvalue weighted by atomic mass is 16.3. The lowest BCUT2D eigenvalue weighted by atomic mass is 9.51. The number of aliphatic hydroxyl groups excluding tert-OH is 1. The topological polar surface area (TPSA) is 69.6 Å². The largest absolute Gasteiger partial charge is 0.508 e. The summed E-state index contributed by atoms with van der Waals surface area (Å²) in [7, 11) is 1.70. The fourth-order valence-electron chi connectivity index (χ4n) is 6.57. The summed E-state index contributed by atoms with van der Waals surface area (Å²) >= 11 is 0. The summed E-state index contributed by atoms with van der Waals surface area (Å²) in [5, 5.41) is 23.4. The normalized spacial score (nSPS) is 38.2. The molecule has 0 radical (unpaired) electrons. The van der Waals surface area contributed by atoms with Gasteiger partial charge in [-0.3, -0.25) is 4.79 Å². The van der Waals surface area contributed by atoms with Crippen LogP contribution in [0, 0.1) is 23.2 Å². The Hall–Kier alpha value is -1.55. The lowest BCUT2D eigenvalue weighted by molar-refractivity contribution is -0.121. The minimum absolute atomic E-state index is 0.0110. The van der Waals surface area contributed by atoms with Crippen molar-refractivity contribution in [2.24, 2.45) is 23.2 Å². The molecular formula is C22H31NO3. The Bertz CT molecular complexity index is 703. The van der Waals surface area contributed by atoms with Crippen molar-refractivity contribution in [1.82, 2.24) is 5.32 Å². The smallest absolute Gasteiger partial charge is 0.219 e. The summed E-state index contributed by atoms with van der Waals surface area (Å²) in [4.78, 5) is 11.9. The second-order valence-corrected chi connectivity index (χ2v) is 8.99. The Kier molecular flexibility index (Phi) is 4.50. The summed E-state index contributed by atoms with van der Waals surface area (Å²) in [6.07, 6.45) is 6.38. The van der Waals surface area contributed by atoms with Crippen molar-refractivity contribution in [3.05, 3.63) is 29.3 Å². The number of fused-ring (bicyclic) bond motifs is 5. The first-order valence-corrected chi connectivity index (χ1v) is 10.1. The van der Waals surface area contributed by atoms with E-state index in [1.807, 2.05) is 12.1 Å². The molecule has 1 aromatic rings. The van der Waals surface area contributed by atoms with Crippen LogP contribution in [0.1, 0.15) is 62.5 Å². The Labute approximate surface area is 156 Å². The first-order chi connectivity index (χ1) is 12.4. The van der Waals surface area contributed by atoms with E-state index < -0.39 is 0 Å². The molecule has 2 fully saturated rings. The van der Waals surface area contributed by atoms with Crippen LogP contribution < -0.4 is 5.32 Å². The fraction of sp³-hybridized carbons (Fsp3) is 0.682. The quantitative estimate of drug-likeness (QED) is 0.777. The molecule has 0 saturated heterocycles. The van der Waals surface area contributed by atoms with E-state index in [1.54, 1.807) is 7.05 Å². The van der Waals surface area contributed by atoms with Gasteiger partial charge in [0, 0.05) is 13.5 Å². The maximum absolute atomic E-state index is 11.9. The second-order valence-electron chi connectivity index (χ2n) is 8.99. The number of amides is 1. The molecule has 26 heavy (non-hydrogen) atoms. The molecule has 0 aliphatic heterocycles. The highest BCUT2D eigenvalue weighted by Crippen LogP contribution is 2.63. The number of aliphatic hydroxyl groups is 1. The SMILES string of the molecule is CNC(=O)CC[C@H]1CC2(C)C(O)CCC2C2CCc3cc(O)ccc3C21. The van der Waals surface area contributed by atoms with Gasteiger partial charge in [-0.05, 0) is 90.9 Å². The van der Waals surface area contributed by atoms with Gasteiger partial charge in [0.2, 0.25) is 5.91 Å². The van der Waals surface area contributed by atoms with E-state index >= 15 is 0 Å². The molecule has 142 valence electrons. The van der Waals surface area contributed by atoms with Gasteiger partial charge in [0.25, 0.3) is 0 Å². The molecule has 4 nitrogen and oxygen atoms in total. The molecule has 5 unspecified atom stereocenters. The van der Waals surface area contributed by atoms with Gasteiger partial charge >= 0.3 is 0 Å². The molecular weight excluding hydrogens is 326 g/mol. The lowest BCUT2D eigenvalue weighted by Gasteiger charge is -2.54. The number of rotatable bonds is 3. The third-order valence-electron chi connectivity index (χ3n) is 7.80. The van der Waals surface area contributed by atoms with Crippen LogP contribution in [0.25, 0.3) is 0 Å². The zero-order chi connectivity index (χ0) is 18.5. The molecule has 1 aromatic carbocycles. The maximum Gasteiger partial charge on any atom is 0.219 e. The van der Waals surface area contributed by atoms with E-state index in [0.29, 0.717) is 35.8 Å². The Morgan fingerprint density at radius 1 is 1.31 bits per heavy atom. The number of hydrogen-bond donors (Lipinski definition) is 3. The van der Waals surface area contributed by atoms with Crippen molar-refractivity contribution >= 4 is 5.91 Å². The third kappa shape index (κ3) is 2.74. The van der Waals surface area contributed by atoms with Crippen LogP contribution in [-0.2, 0) is 11.2 Å². The number of nitrogens with one attached hydrogen (secondary N) is 1. The van der Waals surface area contributed by atoms with Gasteiger partial charge in [-0.2, -0.15) is 0 Å². The van der Waals surface area contributed by atoms with E-state index in [9.17, 15) is 15.0 Å². The predicted octanol–water partition coefficient (Wildman–Crippen LogP) is 3.36. The van der Waals surface area contributed by atoms with Gasteiger partial charge < -0.3 is 15.5 Å². The number of carbonyl (C=O) groups is 1. The molecule has 0 heterocycles. The summed E-state index contributed by atoms with van der Waals surface area (Å²) in [6.45, 7) is 2.28. The molecule has 0 bridgehead atoms. The number of benzene rings is 1. The van der Waals surface area contributed by atoms with Crippen LogP contribution >= 0.6 is 0 Å². The summed E-state index contributed by atoms with van der Waals surface area (Å²) in [5.74, 6) is 2.46. The summed E-state index contributed by atoms with van der Waals surface area (Å²) < 4.78 is 0. The van der Waals surface area contributed by atoms with Crippen LogP contribution in [0.5, 0.6) is 5.75 Å². The average molecular weight is 357 g/mol. The van der Waals surface area contributed by atoms with Gasteiger partial charge in [0.05, 0.1) is 6.10 Å². The predicted molar refractivity (Wildman–Crippen MR) is 101 cm³/mol. The number of hydrogen-bond acceptors (Lipinski definition) is 3. The number of aryl methyl sites for hydroxylation is 1. The highest BCUT2D eigenvalue weighted by molar-refractivity contribution is 5.75. The fourth-order valence-corrected chi connectivity index (χ4v) is 6.57. The van der Waals surface area contributed by atoms with Gasteiger partial charge in [-0.25, -0.2) is 0 Å². The average Bonchev–Trinajstić information content (AvgIpc) is 2.93. The minimum atomic E-state index is -0.211. The van der Waals surface area contributed by atoms with Crippen molar-refractivity contribution < 1.29 is 15.0 Å². The highest BCUT2D eigenvalue weighted by Gasteiger charge is 2.57. The number of phenols is 1. The molecule has 4 rings (SSSR count). The van der Waals surface area contributed by atoms with Gasteiger partial charge in [0.1, 0.15) is 5.75 Å². The third-order valence-corrected chi connectivity index (χ3v) is 7.80. The second kappa shape index (κ2) is 6.56. The monoisotopic (exact) mass is 357 g/mol. The van der Waals surface area contributed by atoms with Gasteiger partial charge in [0.15, 0.2) is 0 Å². The van der Waals surface area contributed by atoms with E-state index in [2.05, 4.69) is 18.3 Å². The zero-order valence-corrected chi connectivity index (χ0v) is 15.9. The molecule has 3 aliphatic rings. The number of carbonyl (C=O) groups excluding carboxylic acids is 1.